The van der Waals surface area contributed by atoms with Gasteiger partial charge in [0.1, 0.15) is 0 Å². The zero-order valence-corrected chi connectivity index (χ0v) is 12.6. The monoisotopic (exact) mass is 286 g/mol. The number of carbonyl (C=O) groups excluding carboxylic acids is 1. The summed E-state index contributed by atoms with van der Waals surface area (Å²) >= 11 is 0. The van der Waals surface area contributed by atoms with Gasteiger partial charge in [0.2, 0.25) is 0 Å². The molecule has 0 aliphatic rings. The molecule has 0 aliphatic carbocycles. The lowest BCUT2D eigenvalue weighted by Gasteiger charge is -2.09. The van der Waals surface area contributed by atoms with Crippen LogP contribution in [-0.2, 0) is 6.54 Å². The second-order valence-corrected chi connectivity index (χ2v) is 5.04. The first-order valence-corrected chi connectivity index (χ1v) is 7.23. The quantitative estimate of drug-likeness (QED) is 0.769. The zero-order chi connectivity index (χ0) is 15.1. The number of nitrogens with zero attached hydrogens (tertiary/aromatic N) is 2. The van der Waals surface area contributed by atoms with Crippen LogP contribution in [0.4, 0.5) is 5.69 Å². The molecule has 1 aromatic heterocycles. The van der Waals surface area contributed by atoms with Gasteiger partial charge in [0.15, 0.2) is 0 Å². The Hall–Kier alpha value is -2.30. The molecule has 5 heteroatoms. The molecule has 0 radical (unpaired) electrons. The van der Waals surface area contributed by atoms with Gasteiger partial charge in [0.05, 0.1) is 6.33 Å². The van der Waals surface area contributed by atoms with E-state index in [0.717, 1.165) is 30.6 Å². The van der Waals surface area contributed by atoms with Crippen molar-refractivity contribution in [3.8, 4) is 0 Å². The third kappa shape index (κ3) is 4.34. The van der Waals surface area contributed by atoms with E-state index in [1.165, 1.54) is 0 Å². The van der Waals surface area contributed by atoms with Gasteiger partial charge in [-0.05, 0) is 43.5 Å². The number of unbranched alkanes of at least 4 members (excludes halogenated alkanes) is 1. The molecule has 1 aromatic carbocycles. The van der Waals surface area contributed by atoms with Crippen LogP contribution >= 0.6 is 0 Å². The molecule has 0 spiro atoms. The van der Waals surface area contributed by atoms with E-state index in [9.17, 15) is 4.79 Å². The summed E-state index contributed by atoms with van der Waals surface area (Å²) in [5, 5.41) is 6.06. The van der Waals surface area contributed by atoms with E-state index < -0.39 is 0 Å². The van der Waals surface area contributed by atoms with Gasteiger partial charge in [-0.15, -0.1) is 0 Å². The van der Waals surface area contributed by atoms with Gasteiger partial charge in [-0.25, -0.2) is 4.98 Å². The maximum absolute atomic E-state index is 12.0. The van der Waals surface area contributed by atoms with E-state index in [1.807, 2.05) is 49.3 Å². The highest BCUT2D eigenvalue weighted by molar-refractivity contribution is 5.94. The summed E-state index contributed by atoms with van der Waals surface area (Å²) in [6.45, 7) is 3.62. The average molecular weight is 286 g/mol. The molecule has 0 fully saturated rings. The first-order valence-electron chi connectivity index (χ1n) is 7.23. The number of amides is 1. The number of rotatable bonds is 7. The summed E-state index contributed by atoms with van der Waals surface area (Å²) in [7, 11) is 1.88. The smallest absolute Gasteiger partial charge is 0.251 e. The van der Waals surface area contributed by atoms with Crippen LogP contribution in [0.3, 0.4) is 0 Å². The van der Waals surface area contributed by atoms with Crippen molar-refractivity contribution in [2.75, 3.05) is 18.9 Å². The molecule has 0 aliphatic heterocycles. The molecule has 0 saturated heterocycles. The number of nitrogens with one attached hydrogen (secondary N) is 2. The second kappa shape index (κ2) is 7.47. The minimum absolute atomic E-state index is 0.0108. The number of imidazole rings is 1. The van der Waals surface area contributed by atoms with Crippen LogP contribution in [0.5, 0.6) is 0 Å². The summed E-state index contributed by atoms with van der Waals surface area (Å²) in [5.41, 5.74) is 2.83. The van der Waals surface area contributed by atoms with Crippen molar-refractivity contribution < 1.29 is 4.79 Å². The summed E-state index contributed by atoms with van der Waals surface area (Å²) in [5.74, 6) is -0.0108. The van der Waals surface area contributed by atoms with Gasteiger partial charge in [-0.3, -0.25) is 4.79 Å². The largest absolute Gasteiger partial charge is 0.388 e. The maximum Gasteiger partial charge on any atom is 0.251 e. The van der Waals surface area contributed by atoms with Crippen LogP contribution in [0.2, 0.25) is 0 Å². The molecule has 21 heavy (non-hydrogen) atoms. The molecule has 0 saturated carbocycles. The predicted molar refractivity (Wildman–Crippen MR) is 84.5 cm³/mol. The highest BCUT2D eigenvalue weighted by Crippen LogP contribution is 2.15. The molecule has 1 heterocycles. The van der Waals surface area contributed by atoms with E-state index in [2.05, 4.69) is 15.6 Å². The molecule has 0 atom stereocenters. The van der Waals surface area contributed by atoms with Gasteiger partial charge in [-0.1, -0.05) is 0 Å². The number of benzene rings is 1. The number of hydrogen-bond donors (Lipinski definition) is 2. The Labute approximate surface area is 125 Å². The van der Waals surface area contributed by atoms with Gasteiger partial charge in [-0.2, -0.15) is 0 Å². The Morgan fingerprint density at radius 2 is 2.19 bits per heavy atom. The van der Waals surface area contributed by atoms with Crippen molar-refractivity contribution in [2.24, 2.45) is 0 Å². The van der Waals surface area contributed by atoms with Crippen LogP contribution in [0.25, 0.3) is 0 Å². The van der Waals surface area contributed by atoms with E-state index in [-0.39, 0.29) is 5.91 Å². The van der Waals surface area contributed by atoms with Crippen molar-refractivity contribution in [1.82, 2.24) is 14.9 Å². The molecule has 0 unspecified atom stereocenters. The van der Waals surface area contributed by atoms with Gasteiger partial charge in [0, 0.05) is 43.8 Å². The van der Waals surface area contributed by atoms with E-state index >= 15 is 0 Å². The number of aromatic nitrogens is 2. The first kappa shape index (κ1) is 15.1. The molecule has 2 N–H and O–H groups in total. The fourth-order valence-corrected chi connectivity index (χ4v) is 2.23. The van der Waals surface area contributed by atoms with Crippen molar-refractivity contribution >= 4 is 11.6 Å². The molecule has 5 nitrogen and oxygen atoms in total. The van der Waals surface area contributed by atoms with Crippen molar-refractivity contribution in [2.45, 2.75) is 26.3 Å². The predicted octanol–water partition coefficient (Wildman–Crippen LogP) is 2.44. The summed E-state index contributed by atoms with van der Waals surface area (Å²) in [6, 6.07) is 5.69. The van der Waals surface area contributed by atoms with Crippen LogP contribution in [0.1, 0.15) is 28.8 Å². The Morgan fingerprint density at radius 1 is 1.33 bits per heavy atom. The number of anilines is 1. The fourth-order valence-electron chi connectivity index (χ4n) is 2.23. The normalized spacial score (nSPS) is 10.4. The van der Waals surface area contributed by atoms with Crippen LogP contribution in [-0.4, -0.2) is 29.1 Å². The van der Waals surface area contributed by atoms with Gasteiger partial charge >= 0.3 is 0 Å². The standard InChI is InChI=1S/C16H22N4O/c1-13-11-14(5-6-15(13)17-2)16(21)19-7-3-4-9-20-10-8-18-12-20/h5-6,8,10-12,17H,3-4,7,9H2,1-2H3,(H,19,21). The van der Waals surface area contributed by atoms with Crippen molar-refractivity contribution in [3.63, 3.8) is 0 Å². The van der Waals surface area contributed by atoms with Crippen LogP contribution < -0.4 is 10.6 Å². The lowest BCUT2D eigenvalue weighted by Crippen LogP contribution is -2.24. The SMILES string of the molecule is CNc1ccc(C(=O)NCCCCn2ccnc2)cc1C. The Morgan fingerprint density at radius 3 is 2.86 bits per heavy atom. The van der Waals surface area contributed by atoms with Crippen molar-refractivity contribution in [3.05, 3.63) is 48.0 Å². The van der Waals surface area contributed by atoms with Crippen molar-refractivity contribution in [1.29, 1.82) is 0 Å². The lowest BCUT2D eigenvalue weighted by molar-refractivity contribution is 0.0953. The third-order valence-corrected chi connectivity index (χ3v) is 3.45. The molecule has 2 aromatic rings. The molecular formula is C16H22N4O. The van der Waals surface area contributed by atoms with E-state index in [4.69, 9.17) is 0 Å². The number of aryl methyl sites for hydroxylation is 2. The van der Waals surface area contributed by atoms with Gasteiger partial charge < -0.3 is 15.2 Å². The van der Waals surface area contributed by atoms with Crippen LogP contribution in [0.15, 0.2) is 36.9 Å². The lowest BCUT2D eigenvalue weighted by atomic mass is 10.1. The van der Waals surface area contributed by atoms with E-state index in [0.29, 0.717) is 12.1 Å². The molecule has 2 rings (SSSR count). The zero-order valence-electron chi connectivity index (χ0n) is 12.6. The van der Waals surface area contributed by atoms with E-state index in [1.54, 1.807) is 6.20 Å². The highest BCUT2D eigenvalue weighted by Gasteiger charge is 2.06. The minimum Gasteiger partial charge on any atom is -0.388 e. The van der Waals surface area contributed by atoms with Crippen LogP contribution in [0, 0.1) is 6.92 Å². The summed E-state index contributed by atoms with van der Waals surface area (Å²) < 4.78 is 2.04. The number of hydrogen-bond acceptors (Lipinski definition) is 3. The molecule has 112 valence electrons. The Balaban J connectivity index is 1.73. The second-order valence-electron chi connectivity index (χ2n) is 5.04. The summed E-state index contributed by atoms with van der Waals surface area (Å²) in [4.78, 5) is 16.0. The Bertz CT molecular complexity index is 578. The topological polar surface area (TPSA) is 59.0 Å². The van der Waals surface area contributed by atoms with Gasteiger partial charge in [0.25, 0.3) is 5.91 Å². The highest BCUT2D eigenvalue weighted by atomic mass is 16.1. The summed E-state index contributed by atoms with van der Waals surface area (Å²) in [6.07, 6.45) is 7.51. The minimum atomic E-state index is -0.0108. The maximum atomic E-state index is 12.0. The average Bonchev–Trinajstić information content (AvgIpc) is 3.00. The first-order chi connectivity index (χ1) is 10.2. The Kier molecular flexibility index (Phi) is 5.37. The molecule has 0 bridgehead atoms. The third-order valence-electron chi connectivity index (χ3n) is 3.45. The molecular weight excluding hydrogens is 264 g/mol. The molecule has 1 amide bonds. The fraction of sp³-hybridized carbons (Fsp3) is 0.375. The number of carbonyl (C=O) groups is 1.